The highest BCUT2D eigenvalue weighted by Crippen LogP contribution is 2.11. The van der Waals surface area contributed by atoms with Crippen molar-refractivity contribution in [3.05, 3.63) is 17.0 Å². The standard InChI is InChI=1S/C12H23N3/c1-9(2)8-13-7-6-12-10(3)14-15(5)11(12)4/h9,13H,6-8H2,1-5H3. The molecular formula is C12H23N3. The van der Waals surface area contributed by atoms with E-state index in [4.69, 9.17) is 0 Å². The lowest BCUT2D eigenvalue weighted by Gasteiger charge is -2.07. The van der Waals surface area contributed by atoms with Gasteiger partial charge in [0.05, 0.1) is 5.69 Å². The molecule has 1 rings (SSSR count). The largest absolute Gasteiger partial charge is 0.316 e. The third-order valence-electron chi connectivity index (χ3n) is 2.76. The fourth-order valence-corrected chi connectivity index (χ4v) is 1.78. The van der Waals surface area contributed by atoms with Crippen molar-refractivity contribution < 1.29 is 0 Å². The fourth-order valence-electron chi connectivity index (χ4n) is 1.78. The summed E-state index contributed by atoms with van der Waals surface area (Å²) in [6, 6.07) is 0. The van der Waals surface area contributed by atoms with Crippen LogP contribution in [0, 0.1) is 19.8 Å². The van der Waals surface area contributed by atoms with Crippen LogP contribution >= 0.6 is 0 Å². The molecule has 1 N–H and O–H groups in total. The number of nitrogens with zero attached hydrogens (tertiary/aromatic N) is 2. The molecule has 1 heterocycles. The Hall–Kier alpha value is -0.830. The van der Waals surface area contributed by atoms with Crippen molar-refractivity contribution in [3.8, 4) is 0 Å². The molecule has 0 radical (unpaired) electrons. The van der Waals surface area contributed by atoms with Crippen LogP contribution in [0.25, 0.3) is 0 Å². The normalized spacial score (nSPS) is 11.3. The zero-order valence-corrected chi connectivity index (χ0v) is 10.6. The van der Waals surface area contributed by atoms with Gasteiger partial charge in [0.25, 0.3) is 0 Å². The van der Waals surface area contributed by atoms with Gasteiger partial charge in [0, 0.05) is 12.7 Å². The summed E-state index contributed by atoms with van der Waals surface area (Å²) >= 11 is 0. The van der Waals surface area contributed by atoms with Gasteiger partial charge in [-0.2, -0.15) is 5.10 Å². The number of nitrogens with one attached hydrogen (secondary N) is 1. The molecule has 0 aliphatic rings. The van der Waals surface area contributed by atoms with Gasteiger partial charge in [-0.1, -0.05) is 13.8 Å². The van der Waals surface area contributed by atoms with Crippen LogP contribution in [0.15, 0.2) is 0 Å². The number of hydrogen-bond donors (Lipinski definition) is 1. The molecule has 0 fully saturated rings. The van der Waals surface area contributed by atoms with Crippen molar-refractivity contribution >= 4 is 0 Å². The van der Waals surface area contributed by atoms with Crippen LogP contribution in [-0.2, 0) is 13.5 Å². The van der Waals surface area contributed by atoms with Gasteiger partial charge >= 0.3 is 0 Å². The van der Waals surface area contributed by atoms with Crippen molar-refractivity contribution in [2.24, 2.45) is 13.0 Å². The second kappa shape index (κ2) is 5.31. The van der Waals surface area contributed by atoms with Crippen LogP contribution in [0.5, 0.6) is 0 Å². The number of rotatable bonds is 5. The Bertz CT molecular complexity index is 313. The minimum Gasteiger partial charge on any atom is -0.316 e. The Labute approximate surface area is 92.9 Å². The molecule has 3 nitrogen and oxygen atoms in total. The zero-order valence-electron chi connectivity index (χ0n) is 10.6. The Kier molecular flexibility index (Phi) is 4.33. The molecule has 0 spiro atoms. The van der Waals surface area contributed by atoms with Gasteiger partial charge in [-0.15, -0.1) is 0 Å². The first-order valence-electron chi connectivity index (χ1n) is 5.72. The first kappa shape index (κ1) is 12.2. The first-order valence-corrected chi connectivity index (χ1v) is 5.72. The van der Waals surface area contributed by atoms with E-state index in [0.717, 1.165) is 25.4 Å². The topological polar surface area (TPSA) is 29.9 Å². The molecule has 0 amide bonds. The van der Waals surface area contributed by atoms with E-state index in [1.54, 1.807) is 0 Å². The average molecular weight is 209 g/mol. The minimum atomic E-state index is 0.723. The number of aromatic nitrogens is 2. The third-order valence-corrected chi connectivity index (χ3v) is 2.76. The van der Waals surface area contributed by atoms with E-state index in [0.29, 0.717) is 0 Å². The molecule has 0 unspecified atom stereocenters. The SMILES string of the molecule is Cc1nn(C)c(C)c1CCNCC(C)C. The van der Waals surface area contributed by atoms with Gasteiger partial charge in [0.1, 0.15) is 0 Å². The lowest BCUT2D eigenvalue weighted by molar-refractivity contribution is 0.553. The third kappa shape index (κ3) is 3.34. The summed E-state index contributed by atoms with van der Waals surface area (Å²) in [5, 5.41) is 7.87. The van der Waals surface area contributed by atoms with Crippen LogP contribution < -0.4 is 5.32 Å². The van der Waals surface area contributed by atoms with Crippen LogP contribution in [0.2, 0.25) is 0 Å². The molecule has 0 aliphatic carbocycles. The van der Waals surface area contributed by atoms with E-state index < -0.39 is 0 Å². The lowest BCUT2D eigenvalue weighted by Crippen LogP contribution is -2.22. The molecule has 0 bridgehead atoms. The first-order chi connectivity index (χ1) is 7.02. The highest BCUT2D eigenvalue weighted by Gasteiger charge is 2.08. The summed E-state index contributed by atoms with van der Waals surface area (Å²) < 4.78 is 1.97. The van der Waals surface area contributed by atoms with Crippen molar-refractivity contribution in [1.29, 1.82) is 0 Å². The highest BCUT2D eigenvalue weighted by molar-refractivity contribution is 5.24. The quantitative estimate of drug-likeness (QED) is 0.750. The second-order valence-electron chi connectivity index (χ2n) is 4.62. The van der Waals surface area contributed by atoms with Crippen molar-refractivity contribution in [3.63, 3.8) is 0 Å². The number of hydrogen-bond acceptors (Lipinski definition) is 2. The minimum absolute atomic E-state index is 0.723. The lowest BCUT2D eigenvalue weighted by atomic mass is 10.1. The Morgan fingerprint density at radius 2 is 2.00 bits per heavy atom. The second-order valence-corrected chi connectivity index (χ2v) is 4.62. The molecule has 3 heteroatoms. The molecule has 15 heavy (non-hydrogen) atoms. The summed E-state index contributed by atoms with van der Waals surface area (Å²) in [6.07, 6.45) is 1.08. The Morgan fingerprint density at radius 1 is 1.33 bits per heavy atom. The van der Waals surface area contributed by atoms with E-state index >= 15 is 0 Å². The molecule has 0 saturated carbocycles. The smallest absolute Gasteiger partial charge is 0.0628 e. The highest BCUT2D eigenvalue weighted by atomic mass is 15.3. The molecule has 0 atom stereocenters. The molecule has 0 saturated heterocycles. The van der Waals surface area contributed by atoms with Gasteiger partial charge < -0.3 is 5.32 Å². The van der Waals surface area contributed by atoms with Crippen LogP contribution in [-0.4, -0.2) is 22.9 Å². The van der Waals surface area contributed by atoms with Crippen molar-refractivity contribution in [2.75, 3.05) is 13.1 Å². The predicted molar refractivity (Wildman–Crippen MR) is 64.1 cm³/mol. The van der Waals surface area contributed by atoms with Gasteiger partial charge in [0.2, 0.25) is 0 Å². The summed E-state index contributed by atoms with van der Waals surface area (Å²) in [4.78, 5) is 0. The molecule has 86 valence electrons. The summed E-state index contributed by atoms with van der Waals surface area (Å²) in [5.74, 6) is 0.723. The maximum atomic E-state index is 4.41. The van der Waals surface area contributed by atoms with Crippen LogP contribution in [0.3, 0.4) is 0 Å². The van der Waals surface area contributed by atoms with Gasteiger partial charge in [0.15, 0.2) is 0 Å². The summed E-state index contributed by atoms with van der Waals surface area (Å²) in [6.45, 7) is 10.8. The Balaban J connectivity index is 2.44. The average Bonchev–Trinajstić information content (AvgIpc) is 2.37. The maximum Gasteiger partial charge on any atom is 0.0628 e. The summed E-state index contributed by atoms with van der Waals surface area (Å²) in [5.41, 5.74) is 3.86. The molecule has 1 aromatic rings. The van der Waals surface area contributed by atoms with Gasteiger partial charge in [-0.25, -0.2) is 0 Å². The zero-order chi connectivity index (χ0) is 11.4. The van der Waals surface area contributed by atoms with Gasteiger partial charge in [-0.3, -0.25) is 4.68 Å². The van der Waals surface area contributed by atoms with E-state index in [-0.39, 0.29) is 0 Å². The van der Waals surface area contributed by atoms with E-state index in [2.05, 4.69) is 38.1 Å². The monoisotopic (exact) mass is 209 g/mol. The Morgan fingerprint density at radius 3 is 2.47 bits per heavy atom. The van der Waals surface area contributed by atoms with Crippen molar-refractivity contribution in [1.82, 2.24) is 15.1 Å². The number of aryl methyl sites for hydroxylation is 2. The molecule has 0 aliphatic heterocycles. The molecule has 1 aromatic heterocycles. The van der Waals surface area contributed by atoms with E-state index in [9.17, 15) is 0 Å². The van der Waals surface area contributed by atoms with Crippen LogP contribution in [0.1, 0.15) is 30.8 Å². The molecular weight excluding hydrogens is 186 g/mol. The van der Waals surface area contributed by atoms with Gasteiger partial charge in [-0.05, 0) is 44.8 Å². The summed E-state index contributed by atoms with van der Waals surface area (Å²) in [7, 11) is 2.01. The fraction of sp³-hybridized carbons (Fsp3) is 0.750. The van der Waals surface area contributed by atoms with Crippen LogP contribution in [0.4, 0.5) is 0 Å². The molecule has 0 aromatic carbocycles. The van der Waals surface area contributed by atoms with E-state index in [1.165, 1.54) is 17.0 Å². The predicted octanol–water partition coefficient (Wildman–Crippen LogP) is 1.83. The van der Waals surface area contributed by atoms with Crippen molar-refractivity contribution in [2.45, 2.75) is 34.1 Å². The van der Waals surface area contributed by atoms with E-state index in [1.807, 2.05) is 11.7 Å². The maximum absolute atomic E-state index is 4.41.